The molecule has 1 aromatic rings. The average molecular weight is 242 g/mol. The fourth-order valence-electron chi connectivity index (χ4n) is 1.59. The molecule has 0 amide bonds. The van der Waals surface area contributed by atoms with Crippen molar-refractivity contribution in [3.63, 3.8) is 0 Å². The highest BCUT2D eigenvalue weighted by atomic mass is 35.5. The van der Waals surface area contributed by atoms with Crippen molar-refractivity contribution in [2.45, 2.75) is 38.8 Å². The van der Waals surface area contributed by atoms with Crippen LogP contribution in [0.5, 0.6) is 0 Å². The molecule has 0 aliphatic heterocycles. The Labute approximate surface area is 102 Å². The second-order valence-electron chi connectivity index (χ2n) is 4.62. The van der Waals surface area contributed by atoms with Crippen LogP contribution in [0.2, 0.25) is 5.02 Å². The van der Waals surface area contributed by atoms with Gasteiger partial charge >= 0.3 is 0 Å². The summed E-state index contributed by atoms with van der Waals surface area (Å²) < 4.78 is 0. The largest absolute Gasteiger partial charge is 0.391 e. The van der Waals surface area contributed by atoms with Gasteiger partial charge in [-0.05, 0) is 36.5 Å². The minimum Gasteiger partial charge on any atom is -0.391 e. The van der Waals surface area contributed by atoms with E-state index < -0.39 is 6.10 Å². The quantitative estimate of drug-likeness (QED) is 0.832. The molecule has 2 atom stereocenters. The van der Waals surface area contributed by atoms with Crippen LogP contribution in [0.1, 0.15) is 38.3 Å². The maximum Gasteiger partial charge on any atom is 0.0732 e. The molecule has 0 fully saturated rings. The third-order valence-electron chi connectivity index (χ3n) is 2.71. The molecule has 0 radical (unpaired) electrons. The van der Waals surface area contributed by atoms with Gasteiger partial charge in [0.25, 0.3) is 0 Å². The number of nitrogens with two attached hydrogens (primary N) is 1. The molecule has 90 valence electrons. The van der Waals surface area contributed by atoms with E-state index in [4.69, 9.17) is 17.3 Å². The molecule has 0 spiro atoms. The third kappa shape index (κ3) is 4.12. The lowest BCUT2D eigenvalue weighted by molar-refractivity contribution is 0.128. The van der Waals surface area contributed by atoms with Crippen molar-refractivity contribution in [2.24, 2.45) is 11.7 Å². The summed E-state index contributed by atoms with van der Waals surface area (Å²) in [7, 11) is 0. The summed E-state index contributed by atoms with van der Waals surface area (Å²) in [6, 6.07) is 7.01. The Balaban J connectivity index is 2.56. The first-order valence-corrected chi connectivity index (χ1v) is 6.07. The summed E-state index contributed by atoms with van der Waals surface area (Å²) >= 11 is 5.80. The van der Waals surface area contributed by atoms with Gasteiger partial charge in [-0.15, -0.1) is 0 Å². The van der Waals surface area contributed by atoms with E-state index in [9.17, 15) is 5.11 Å². The van der Waals surface area contributed by atoms with Crippen LogP contribution in [0.25, 0.3) is 0 Å². The second-order valence-corrected chi connectivity index (χ2v) is 5.05. The number of benzene rings is 1. The predicted molar refractivity (Wildman–Crippen MR) is 68.5 cm³/mol. The average Bonchev–Trinajstić information content (AvgIpc) is 2.26. The fourth-order valence-corrected chi connectivity index (χ4v) is 1.72. The normalized spacial score (nSPS) is 15.1. The number of hydrogen-bond acceptors (Lipinski definition) is 2. The molecule has 0 saturated heterocycles. The molecular weight excluding hydrogens is 222 g/mol. The Morgan fingerprint density at radius 3 is 2.25 bits per heavy atom. The van der Waals surface area contributed by atoms with Gasteiger partial charge in [0.1, 0.15) is 0 Å². The molecule has 0 bridgehead atoms. The van der Waals surface area contributed by atoms with Crippen molar-refractivity contribution >= 4 is 11.6 Å². The van der Waals surface area contributed by atoms with Gasteiger partial charge in [-0.2, -0.15) is 0 Å². The second kappa shape index (κ2) is 6.24. The first-order valence-electron chi connectivity index (χ1n) is 5.70. The Hall–Kier alpha value is -0.570. The summed E-state index contributed by atoms with van der Waals surface area (Å²) in [5, 5.41) is 10.6. The molecule has 0 saturated carbocycles. The Morgan fingerprint density at radius 2 is 1.75 bits per heavy atom. The molecular formula is C13H20ClNO. The lowest BCUT2D eigenvalue weighted by atomic mass is 9.96. The van der Waals surface area contributed by atoms with Crippen molar-refractivity contribution in [2.75, 3.05) is 0 Å². The molecule has 0 heterocycles. The molecule has 0 aromatic heterocycles. The van der Waals surface area contributed by atoms with Gasteiger partial charge in [-0.3, -0.25) is 0 Å². The highest BCUT2D eigenvalue weighted by molar-refractivity contribution is 6.30. The lowest BCUT2D eigenvalue weighted by Crippen LogP contribution is -2.26. The number of aliphatic hydroxyl groups is 1. The first kappa shape index (κ1) is 13.5. The van der Waals surface area contributed by atoms with E-state index in [0.29, 0.717) is 10.9 Å². The van der Waals surface area contributed by atoms with Crippen LogP contribution < -0.4 is 5.73 Å². The summed E-state index contributed by atoms with van der Waals surface area (Å²) in [6.07, 6.45) is 1.24. The standard InChI is InChI=1S/C13H20ClNO/c1-9(2)3-8-12(16)13(15)10-4-6-11(14)7-5-10/h4-7,9,12-13,16H,3,8,15H2,1-2H3/t12-,13+/m0/s1. The van der Waals surface area contributed by atoms with Crippen molar-refractivity contribution in [1.82, 2.24) is 0 Å². The maximum absolute atomic E-state index is 9.93. The van der Waals surface area contributed by atoms with Gasteiger partial charge in [-0.1, -0.05) is 37.6 Å². The summed E-state index contributed by atoms with van der Waals surface area (Å²) in [6.45, 7) is 4.28. The fraction of sp³-hybridized carbons (Fsp3) is 0.538. The molecule has 3 N–H and O–H groups in total. The molecule has 0 aliphatic rings. The molecule has 1 aromatic carbocycles. The van der Waals surface area contributed by atoms with Crippen molar-refractivity contribution < 1.29 is 5.11 Å². The van der Waals surface area contributed by atoms with Crippen LogP contribution in [0.3, 0.4) is 0 Å². The van der Waals surface area contributed by atoms with E-state index in [1.54, 1.807) is 12.1 Å². The molecule has 0 aliphatic carbocycles. The molecule has 1 rings (SSSR count). The highest BCUT2D eigenvalue weighted by Gasteiger charge is 2.16. The summed E-state index contributed by atoms with van der Waals surface area (Å²) in [4.78, 5) is 0. The number of halogens is 1. The number of hydrogen-bond donors (Lipinski definition) is 2. The minimum atomic E-state index is -0.483. The van der Waals surface area contributed by atoms with Crippen LogP contribution in [-0.2, 0) is 0 Å². The van der Waals surface area contributed by atoms with E-state index in [1.807, 2.05) is 12.1 Å². The van der Waals surface area contributed by atoms with Gasteiger partial charge < -0.3 is 10.8 Å². The molecule has 2 nitrogen and oxygen atoms in total. The van der Waals surface area contributed by atoms with E-state index in [0.717, 1.165) is 18.4 Å². The third-order valence-corrected chi connectivity index (χ3v) is 2.96. The Bertz CT molecular complexity index is 310. The van der Waals surface area contributed by atoms with E-state index in [1.165, 1.54) is 0 Å². The minimum absolute atomic E-state index is 0.323. The Kier molecular flexibility index (Phi) is 5.26. The zero-order valence-electron chi connectivity index (χ0n) is 9.86. The number of rotatable bonds is 5. The van der Waals surface area contributed by atoms with E-state index in [2.05, 4.69) is 13.8 Å². The summed E-state index contributed by atoms with van der Waals surface area (Å²) in [5.74, 6) is 0.590. The maximum atomic E-state index is 9.93. The van der Waals surface area contributed by atoms with Crippen LogP contribution >= 0.6 is 11.6 Å². The Morgan fingerprint density at radius 1 is 1.19 bits per heavy atom. The van der Waals surface area contributed by atoms with Gasteiger partial charge in [-0.25, -0.2) is 0 Å². The zero-order valence-corrected chi connectivity index (χ0v) is 10.6. The predicted octanol–water partition coefficient (Wildman–Crippen LogP) is 3.14. The van der Waals surface area contributed by atoms with E-state index >= 15 is 0 Å². The van der Waals surface area contributed by atoms with Crippen LogP contribution in [0, 0.1) is 5.92 Å². The van der Waals surface area contributed by atoms with Crippen molar-refractivity contribution in [1.29, 1.82) is 0 Å². The van der Waals surface area contributed by atoms with Gasteiger partial charge in [0.15, 0.2) is 0 Å². The summed E-state index contributed by atoms with van der Waals surface area (Å²) in [5.41, 5.74) is 6.91. The zero-order chi connectivity index (χ0) is 12.1. The van der Waals surface area contributed by atoms with Crippen LogP contribution in [0.15, 0.2) is 24.3 Å². The highest BCUT2D eigenvalue weighted by Crippen LogP contribution is 2.20. The molecule has 16 heavy (non-hydrogen) atoms. The lowest BCUT2D eigenvalue weighted by Gasteiger charge is -2.20. The van der Waals surface area contributed by atoms with E-state index in [-0.39, 0.29) is 6.04 Å². The topological polar surface area (TPSA) is 46.2 Å². The molecule has 0 unspecified atom stereocenters. The van der Waals surface area contributed by atoms with Gasteiger partial charge in [0.05, 0.1) is 12.1 Å². The van der Waals surface area contributed by atoms with Gasteiger partial charge in [0, 0.05) is 5.02 Å². The SMILES string of the molecule is CC(C)CC[C@H](O)[C@H](N)c1ccc(Cl)cc1. The van der Waals surface area contributed by atoms with Crippen LogP contribution in [0.4, 0.5) is 0 Å². The van der Waals surface area contributed by atoms with Crippen molar-refractivity contribution in [3.8, 4) is 0 Å². The molecule has 3 heteroatoms. The number of aliphatic hydroxyl groups excluding tert-OH is 1. The van der Waals surface area contributed by atoms with Gasteiger partial charge in [0.2, 0.25) is 0 Å². The van der Waals surface area contributed by atoms with Crippen LogP contribution in [-0.4, -0.2) is 11.2 Å². The first-order chi connectivity index (χ1) is 7.50. The smallest absolute Gasteiger partial charge is 0.0732 e. The van der Waals surface area contributed by atoms with Crippen molar-refractivity contribution in [3.05, 3.63) is 34.9 Å². The monoisotopic (exact) mass is 241 g/mol.